The molecule has 1 fully saturated rings. The summed E-state index contributed by atoms with van der Waals surface area (Å²) < 4.78 is 0. The summed E-state index contributed by atoms with van der Waals surface area (Å²) >= 11 is 0. The van der Waals surface area contributed by atoms with Crippen LogP contribution in [0, 0.1) is 5.92 Å². The molecular formula is C17H20N4O. The third kappa shape index (κ3) is 3.47. The summed E-state index contributed by atoms with van der Waals surface area (Å²) in [5.41, 5.74) is 2.81. The van der Waals surface area contributed by atoms with E-state index in [0.717, 1.165) is 49.3 Å². The van der Waals surface area contributed by atoms with E-state index in [4.69, 9.17) is 4.98 Å². The molecule has 22 heavy (non-hydrogen) atoms. The normalized spacial score (nSPS) is 18.2. The lowest BCUT2D eigenvalue weighted by molar-refractivity contribution is -0.130. The van der Waals surface area contributed by atoms with E-state index in [-0.39, 0.29) is 5.91 Å². The van der Waals surface area contributed by atoms with Crippen LogP contribution < -0.4 is 0 Å². The average Bonchev–Trinajstić information content (AvgIpc) is 2.56. The van der Waals surface area contributed by atoms with Gasteiger partial charge in [0.05, 0.1) is 17.6 Å². The molecule has 0 bridgehead atoms. The SMILES string of the molecule is CC(=O)N1CCCC(Cc2cncc(-c3cccnc3)n2)C1. The van der Waals surface area contributed by atoms with Gasteiger partial charge in [-0.15, -0.1) is 0 Å². The van der Waals surface area contributed by atoms with Crippen LogP contribution in [0.1, 0.15) is 25.5 Å². The fourth-order valence-electron chi connectivity index (χ4n) is 2.97. The standard InChI is InChI=1S/C17H20N4O/c1-13(22)21-7-3-4-14(12-21)8-16-10-19-11-17(20-16)15-5-2-6-18-9-15/h2,5-6,9-11,14H,3-4,7-8,12H2,1H3. The zero-order valence-electron chi connectivity index (χ0n) is 12.8. The predicted molar refractivity (Wildman–Crippen MR) is 83.9 cm³/mol. The Hall–Kier alpha value is -2.30. The van der Waals surface area contributed by atoms with Crippen molar-refractivity contribution < 1.29 is 4.79 Å². The highest BCUT2D eigenvalue weighted by Gasteiger charge is 2.22. The molecule has 2 aromatic heterocycles. The lowest BCUT2D eigenvalue weighted by Gasteiger charge is -2.31. The number of aromatic nitrogens is 3. The highest BCUT2D eigenvalue weighted by Crippen LogP contribution is 2.21. The first kappa shape index (κ1) is 14.6. The highest BCUT2D eigenvalue weighted by molar-refractivity contribution is 5.73. The van der Waals surface area contributed by atoms with Gasteiger partial charge < -0.3 is 4.90 Å². The van der Waals surface area contributed by atoms with Gasteiger partial charge in [-0.1, -0.05) is 0 Å². The minimum Gasteiger partial charge on any atom is -0.343 e. The molecule has 1 atom stereocenters. The topological polar surface area (TPSA) is 59.0 Å². The molecule has 0 aromatic carbocycles. The summed E-state index contributed by atoms with van der Waals surface area (Å²) in [6, 6.07) is 3.88. The average molecular weight is 296 g/mol. The van der Waals surface area contributed by atoms with Gasteiger partial charge in [0.2, 0.25) is 5.91 Å². The molecule has 1 unspecified atom stereocenters. The van der Waals surface area contributed by atoms with Crippen molar-refractivity contribution in [1.29, 1.82) is 0 Å². The van der Waals surface area contributed by atoms with Crippen LogP contribution in [0.15, 0.2) is 36.9 Å². The van der Waals surface area contributed by atoms with Crippen molar-refractivity contribution in [2.75, 3.05) is 13.1 Å². The second-order valence-corrected chi connectivity index (χ2v) is 5.81. The zero-order valence-corrected chi connectivity index (χ0v) is 12.8. The van der Waals surface area contributed by atoms with E-state index in [1.807, 2.05) is 23.2 Å². The Kier molecular flexibility index (Phi) is 4.42. The highest BCUT2D eigenvalue weighted by atomic mass is 16.2. The van der Waals surface area contributed by atoms with E-state index in [9.17, 15) is 4.79 Å². The van der Waals surface area contributed by atoms with Gasteiger partial charge in [0, 0.05) is 44.2 Å². The number of pyridine rings is 1. The lowest BCUT2D eigenvalue weighted by atomic mass is 9.93. The van der Waals surface area contributed by atoms with Gasteiger partial charge in [-0.05, 0) is 37.3 Å². The van der Waals surface area contributed by atoms with Crippen LogP contribution in [0.25, 0.3) is 11.3 Å². The molecule has 2 aromatic rings. The first-order valence-corrected chi connectivity index (χ1v) is 7.69. The van der Waals surface area contributed by atoms with Gasteiger partial charge in [-0.2, -0.15) is 0 Å². The lowest BCUT2D eigenvalue weighted by Crippen LogP contribution is -2.39. The molecule has 5 nitrogen and oxygen atoms in total. The minimum absolute atomic E-state index is 0.167. The quantitative estimate of drug-likeness (QED) is 0.872. The van der Waals surface area contributed by atoms with Crippen molar-refractivity contribution in [1.82, 2.24) is 19.9 Å². The number of hydrogen-bond acceptors (Lipinski definition) is 4. The molecule has 114 valence electrons. The van der Waals surface area contributed by atoms with Crippen molar-refractivity contribution in [2.45, 2.75) is 26.2 Å². The number of piperidine rings is 1. The van der Waals surface area contributed by atoms with Crippen molar-refractivity contribution in [2.24, 2.45) is 5.92 Å². The molecule has 0 aliphatic carbocycles. The van der Waals surface area contributed by atoms with Crippen molar-refractivity contribution in [3.05, 3.63) is 42.6 Å². The monoisotopic (exact) mass is 296 g/mol. The summed E-state index contributed by atoms with van der Waals surface area (Å²) in [5, 5.41) is 0. The summed E-state index contributed by atoms with van der Waals surface area (Å²) in [7, 11) is 0. The number of rotatable bonds is 3. The molecule has 0 spiro atoms. The number of hydrogen-bond donors (Lipinski definition) is 0. The van der Waals surface area contributed by atoms with Crippen LogP contribution in [0.4, 0.5) is 0 Å². The Morgan fingerprint density at radius 3 is 3.00 bits per heavy atom. The van der Waals surface area contributed by atoms with E-state index >= 15 is 0 Å². The third-order valence-corrected chi connectivity index (χ3v) is 4.10. The van der Waals surface area contributed by atoms with Crippen molar-refractivity contribution in [3.8, 4) is 11.3 Å². The van der Waals surface area contributed by atoms with Crippen molar-refractivity contribution in [3.63, 3.8) is 0 Å². The van der Waals surface area contributed by atoms with Gasteiger partial charge in [-0.25, -0.2) is 4.98 Å². The first-order chi connectivity index (χ1) is 10.7. The largest absolute Gasteiger partial charge is 0.343 e. The maximum absolute atomic E-state index is 11.5. The van der Waals surface area contributed by atoms with Crippen LogP contribution in [-0.2, 0) is 11.2 Å². The van der Waals surface area contributed by atoms with Crippen molar-refractivity contribution >= 4 is 5.91 Å². The van der Waals surface area contributed by atoms with Crippen LogP contribution >= 0.6 is 0 Å². The van der Waals surface area contributed by atoms with E-state index in [2.05, 4.69) is 9.97 Å². The third-order valence-electron chi connectivity index (χ3n) is 4.10. The summed E-state index contributed by atoms with van der Waals surface area (Å²) in [6.45, 7) is 3.35. The molecule has 0 radical (unpaired) electrons. The second kappa shape index (κ2) is 6.64. The maximum Gasteiger partial charge on any atom is 0.219 e. The van der Waals surface area contributed by atoms with Gasteiger partial charge in [-0.3, -0.25) is 14.8 Å². The molecule has 3 heterocycles. The minimum atomic E-state index is 0.167. The van der Waals surface area contributed by atoms with Crippen LogP contribution in [0.2, 0.25) is 0 Å². The van der Waals surface area contributed by atoms with Crippen LogP contribution in [-0.4, -0.2) is 38.8 Å². The van der Waals surface area contributed by atoms with Crippen LogP contribution in [0.5, 0.6) is 0 Å². The van der Waals surface area contributed by atoms with Gasteiger partial charge in [0.15, 0.2) is 0 Å². The molecule has 1 aliphatic heterocycles. The first-order valence-electron chi connectivity index (χ1n) is 7.69. The molecule has 3 rings (SSSR count). The number of nitrogens with zero attached hydrogens (tertiary/aromatic N) is 4. The second-order valence-electron chi connectivity index (χ2n) is 5.81. The smallest absolute Gasteiger partial charge is 0.219 e. The molecule has 1 aliphatic rings. The number of carbonyl (C=O) groups is 1. The predicted octanol–water partition coefficient (Wildman–Crippen LogP) is 2.34. The summed E-state index contributed by atoms with van der Waals surface area (Å²) in [5.74, 6) is 0.635. The Morgan fingerprint density at radius 2 is 2.23 bits per heavy atom. The Morgan fingerprint density at radius 1 is 1.32 bits per heavy atom. The van der Waals surface area contributed by atoms with E-state index < -0.39 is 0 Å². The van der Waals surface area contributed by atoms with Gasteiger partial charge in [0.1, 0.15) is 0 Å². The number of likely N-dealkylation sites (tertiary alicyclic amines) is 1. The molecular weight excluding hydrogens is 276 g/mol. The Labute approximate surface area is 130 Å². The zero-order chi connectivity index (χ0) is 15.4. The van der Waals surface area contributed by atoms with Gasteiger partial charge in [0.25, 0.3) is 0 Å². The maximum atomic E-state index is 11.5. The van der Waals surface area contributed by atoms with E-state index in [0.29, 0.717) is 5.92 Å². The van der Waals surface area contributed by atoms with E-state index in [1.165, 1.54) is 0 Å². The molecule has 5 heteroatoms. The number of amides is 1. The van der Waals surface area contributed by atoms with Gasteiger partial charge >= 0.3 is 0 Å². The fourth-order valence-corrected chi connectivity index (χ4v) is 2.97. The van der Waals surface area contributed by atoms with E-state index in [1.54, 1.807) is 25.5 Å². The van der Waals surface area contributed by atoms with Crippen LogP contribution in [0.3, 0.4) is 0 Å². The summed E-state index contributed by atoms with van der Waals surface area (Å²) in [6.07, 6.45) is 10.2. The molecule has 0 N–H and O–H groups in total. The molecule has 1 amide bonds. The Balaban J connectivity index is 1.72. The molecule has 1 saturated heterocycles. The fraction of sp³-hybridized carbons (Fsp3) is 0.412. The molecule has 0 saturated carbocycles. The number of carbonyl (C=O) groups excluding carboxylic acids is 1. The Bertz CT molecular complexity index is 644. The summed E-state index contributed by atoms with van der Waals surface area (Å²) in [4.78, 5) is 26.6.